The topological polar surface area (TPSA) is 124 Å². The van der Waals surface area contributed by atoms with Crippen LogP contribution in [0.3, 0.4) is 0 Å². The molecular formula is C35H39N5O6. The molecule has 1 aliphatic heterocycles. The molecule has 3 aromatic carbocycles. The van der Waals surface area contributed by atoms with E-state index in [2.05, 4.69) is 15.2 Å². The summed E-state index contributed by atoms with van der Waals surface area (Å²) in [5.41, 5.74) is 5.00. The van der Waals surface area contributed by atoms with Gasteiger partial charge in [0.1, 0.15) is 5.82 Å². The maximum atomic E-state index is 13.7. The van der Waals surface area contributed by atoms with Crippen LogP contribution in [0, 0.1) is 0 Å². The Bertz CT molecular complexity index is 1890. The van der Waals surface area contributed by atoms with Gasteiger partial charge in [-0.25, -0.2) is 4.98 Å². The molecular weight excluding hydrogens is 586 g/mol. The maximum Gasteiger partial charge on any atom is 0.242 e. The summed E-state index contributed by atoms with van der Waals surface area (Å²) in [4.78, 5) is 46.3. The molecule has 1 aliphatic carbocycles. The van der Waals surface area contributed by atoms with E-state index in [1.807, 2.05) is 48.3 Å². The lowest BCUT2D eigenvalue weighted by Gasteiger charge is -2.24. The van der Waals surface area contributed by atoms with Gasteiger partial charge in [-0.15, -0.1) is 0 Å². The van der Waals surface area contributed by atoms with Gasteiger partial charge in [-0.1, -0.05) is 18.2 Å². The van der Waals surface area contributed by atoms with Crippen LogP contribution < -0.4 is 30.3 Å². The van der Waals surface area contributed by atoms with Gasteiger partial charge in [-0.2, -0.15) is 0 Å². The molecule has 11 nitrogen and oxygen atoms in total. The second-order valence-electron chi connectivity index (χ2n) is 11.7. The minimum atomic E-state index is -0.421. The summed E-state index contributed by atoms with van der Waals surface area (Å²) in [5.74, 6) is 1.99. The standard InChI is InChI=1S/C35H39N5O6/c1-20(41)37-24-14-12-21-17-30(44-3)33(45-4)34(46-5)32(21)22-13-15-26(29(42)18-23(22)24)36-19-31(43)40-16-8-11-28(40)35-38-25-9-6-7-10-27(25)39(35)2/h6-7,9-10,13,15,17-18,24,28H,8,11-12,14,16,19H2,1-5H3,(H,36,42)(H,37,41)/t24-,28-/m0/s1. The molecule has 0 spiro atoms. The minimum absolute atomic E-state index is 0.0512. The minimum Gasteiger partial charge on any atom is -0.493 e. The Hall–Kier alpha value is -5.06. The fourth-order valence-corrected chi connectivity index (χ4v) is 6.92. The van der Waals surface area contributed by atoms with E-state index in [-0.39, 0.29) is 35.5 Å². The number of hydrogen-bond acceptors (Lipinski definition) is 8. The van der Waals surface area contributed by atoms with Crippen LogP contribution in [0.5, 0.6) is 17.2 Å². The molecule has 240 valence electrons. The van der Waals surface area contributed by atoms with E-state index in [0.29, 0.717) is 42.2 Å². The number of aromatic nitrogens is 2. The molecule has 2 N–H and O–H groups in total. The largest absolute Gasteiger partial charge is 0.493 e. The molecule has 2 heterocycles. The second kappa shape index (κ2) is 12.7. The highest BCUT2D eigenvalue weighted by atomic mass is 16.5. The number of imidazole rings is 1. The number of ether oxygens (including phenoxy) is 3. The Kier molecular flexibility index (Phi) is 8.57. The lowest BCUT2D eigenvalue weighted by molar-refractivity contribution is -0.130. The third-order valence-electron chi connectivity index (χ3n) is 9.04. The van der Waals surface area contributed by atoms with Crippen molar-refractivity contribution in [2.75, 3.05) is 39.7 Å². The van der Waals surface area contributed by atoms with Gasteiger partial charge in [0, 0.05) is 26.1 Å². The number of methoxy groups -OCH3 is 3. The van der Waals surface area contributed by atoms with Crippen molar-refractivity contribution in [3.8, 4) is 28.4 Å². The lowest BCUT2D eigenvalue weighted by Crippen LogP contribution is -2.36. The number of likely N-dealkylation sites (tertiary alicyclic amines) is 1. The maximum absolute atomic E-state index is 13.7. The summed E-state index contributed by atoms with van der Waals surface area (Å²) in [6, 6.07) is 14.4. The first-order chi connectivity index (χ1) is 22.2. The summed E-state index contributed by atoms with van der Waals surface area (Å²) in [6.07, 6.45) is 2.86. The van der Waals surface area contributed by atoms with Crippen LogP contribution in [0.25, 0.3) is 22.2 Å². The summed E-state index contributed by atoms with van der Waals surface area (Å²) in [5, 5.41) is 6.14. The van der Waals surface area contributed by atoms with Crippen molar-refractivity contribution in [1.82, 2.24) is 19.8 Å². The highest BCUT2D eigenvalue weighted by Gasteiger charge is 2.33. The summed E-state index contributed by atoms with van der Waals surface area (Å²) >= 11 is 0. The number of nitrogens with one attached hydrogen (secondary N) is 2. The third-order valence-corrected chi connectivity index (χ3v) is 9.04. The second-order valence-corrected chi connectivity index (χ2v) is 11.7. The highest BCUT2D eigenvalue weighted by molar-refractivity contribution is 5.85. The van der Waals surface area contributed by atoms with Gasteiger partial charge in [-0.05, 0) is 72.7 Å². The molecule has 6 rings (SSSR count). The normalized spacial score (nSPS) is 17.1. The van der Waals surface area contributed by atoms with Crippen molar-refractivity contribution >= 4 is 28.5 Å². The number of carbonyl (C=O) groups excluding carboxylic acids is 2. The zero-order valence-electron chi connectivity index (χ0n) is 26.8. The van der Waals surface area contributed by atoms with E-state index < -0.39 is 6.04 Å². The Labute approximate surface area is 267 Å². The van der Waals surface area contributed by atoms with E-state index in [1.54, 1.807) is 33.5 Å². The fraction of sp³-hybridized carbons (Fsp3) is 0.371. The first-order valence-electron chi connectivity index (χ1n) is 15.5. The first kappa shape index (κ1) is 30.9. The van der Waals surface area contributed by atoms with Crippen molar-refractivity contribution in [2.24, 2.45) is 7.05 Å². The molecule has 0 bridgehead atoms. The van der Waals surface area contributed by atoms with Gasteiger partial charge in [0.25, 0.3) is 0 Å². The van der Waals surface area contributed by atoms with Crippen molar-refractivity contribution in [3.63, 3.8) is 0 Å². The summed E-state index contributed by atoms with van der Waals surface area (Å²) in [7, 11) is 6.66. The average molecular weight is 626 g/mol. The van der Waals surface area contributed by atoms with Gasteiger partial charge in [-0.3, -0.25) is 14.4 Å². The van der Waals surface area contributed by atoms with Gasteiger partial charge in [0.2, 0.25) is 23.0 Å². The van der Waals surface area contributed by atoms with Gasteiger partial charge in [0.15, 0.2) is 11.5 Å². The van der Waals surface area contributed by atoms with Crippen LogP contribution in [0.15, 0.2) is 53.3 Å². The quantitative estimate of drug-likeness (QED) is 0.293. The van der Waals surface area contributed by atoms with Crippen molar-refractivity contribution in [3.05, 3.63) is 75.7 Å². The number of carbonyl (C=O) groups is 2. The molecule has 0 radical (unpaired) electrons. The Morgan fingerprint density at radius 1 is 1.00 bits per heavy atom. The number of hydrogen-bond donors (Lipinski definition) is 2. The van der Waals surface area contributed by atoms with E-state index in [4.69, 9.17) is 19.2 Å². The first-order valence-corrected chi connectivity index (χ1v) is 15.5. The zero-order valence-corrected chi connectivity index (χ0v) is 26.8. The molecule has 1 fully saturated rings. The van der Waals surface area contributed by atoms with Crippen molar-refractivity contribution in [1.29, 1.82) is 0 Å². The van der Waals surface area contributed by atoms with Crippen LogP contribution in [0.2, 0.25) is 0 Å². The summed E-state index contributed by atoms with van der Waals surface area (Å²) < 4.78 is 19.2. The molecule has 46 heavy (non-hydrogen) atoms. The Balaban J connectivity index is 1.34. The number of benzene rings is 2. The summed E-state index contributed by atoms with van der Waals surface area (Å²) in [6.45, 7) is 2.03. The number of rotatable bonds is 8. The molecule has 2 amide bonds. The molecule has 0 saturated carbocycles. The zero-order chi connectivity index (χ0) is 32.5. The van der Waals surface area contributed by atoms with Gasteiger partial charge >= 0.3 is 0 Å². The van der Waals surface area contributed by atoms with Crippen LogP contribution in [-0.2, 0) is 23.1 Å². The molecule has 0 unspecified atom stereocenters. The number of para-hydroxylation sites is 2. The predicted molar refractivity (Wildman–Crippen MR) is 176 cm³/mol. The molecule has 2 aliphatic rings. The van der Waals surface area contributed by atoms with Crippen LogP contribution in [-0.4, -0.2) is 60.7 Å². The smallest absolute Gasteiger partial charge is 0.242 e. The van der Waals surface area contributed by atoms with Crippen LogP contribution in [0.1, 0.15) is 55.2 Å². The number of aryl methyl sites for hydroxylation is 2. The van der Waals surface area contributed by atoms with E-state index in [1.165, 1.54) is 6.92 Å². The fourth-order valence-electron chi connectivity index (χ4n) is 6.92. The number of nitrogens with zero attached hydrogens (tertiary/aromatic N) is 3. The molecule has 1 saturated heterocycles. The SMILES string of the molecule is COc1cc2c(c(OC)c1OC)-c1ccc(NCC(=O)N3CCC[C@H]3c3nc4ccccc4n3C)c(=O)cc1[C@@H](NC(C)=O)CC2. The highest BCUT2D eigenvalue weighted by Crippen LogP contribution is 2.50. The van der Waals surface area contributed by atoms with Gasteiger partial charge < -0.3 is 34.3 Å². The lowest BCUT2D eigenvalue weighted by atomic mass is 9.95. The predicted octanol–water partition coefficient (Wildman–Crippen LogP) is 4.53. The van der Waals surface area contributed by atoms with Crippen LogP contribution >= 0.6 is 0 Å². The molecule has 4 aromatic rings. The van der Waals surface area contributed by atoms with E-state index in [0.717, 1.165) is 46.4 Å². The molecule has 2 atom stereocenters. The van der Waals surface area contributed by atoms with Crippen LogP contribution in [0.4, 0.5) is 5.69 Å². The third kappa shape index (κ3) is 5.50. The van der Waals surface area contributed by atoms with Crippen molar-refractivity contribution < 1.29 is 23.8 Å². The van der Waals surface area contributed by atoms with Gasteiger partial charge in [0.05, 0.1) is 56.7 Å². The Morgan fingerprint density at radius 3 is 2.50 bits per heavy atom. The molecule has 1 aromatic heterocycles. The Morgan fingerprint density at radius 2 is 1.78 bits per heavy atom. The van der Waals surface area contributed by atoms with E-state index >= 15 is 0 Å². The average Bonchev–Trinajstić information content (AvgIpc) is 3.59. The van der Waals surface area contributed by atoms with E-state index in [9.17, 15) is 14.4 Å². The number of anilines is 1. The van der Waals surface area contributed by atoms with Crippen molar-refractivity contribution in [2.45, 2.75) is 44.7 Å². The monoisotopic (exact) mass is 625 g/mol. The molecule has 11 heteroatoms. The number of fused-ring (bicyclic) bond motifs is 4. The number of amides is 2.